The molecule has 0 aliphatic rings. The predicted octanol–water partition coefficient (Wildman–Crippen LogP) is 4.16. The fraction of sp³-hybridized carbons (Fsp3) is 0.375. The Balaban J connectivity index is 2.64. The molecule has 0 radical (unpaired) electrons. The van der Waals surface area contributed by atoms with E-state index in [2.05, 4.69) is 26.0 Å². The van der Waals surface area contributed by atoms with Crippen molar-refractivity contribution in [3.8, 4) is 11.5 Å². The molecule has 0 heterocycles. The van der Waals surface area contributed by atoms with E-state index in [0.29, 0.717) is 0 Å². The van der Waals surface area contributed by atoms with Crippen LogP contribution < -0.4 is 0 Å². The van der Waals surface area contributed by atoms with Crippen molar-refractivity contribution in [3.63, 3.8) is 0 Å². The zero-order valence-electron chi connectivity index (χ0n) is 11.0. The molecular weight excluding hydrogens is 224 g/mol. The molecule has 2 heteroatoms. The molecule has 0 spiro atoms. The summed E-state index contributed by atoms with van der Waals surface area (Å²) in [7, 11) is 0. The van der Waals surface area contributed by atoms with Crippen molar-refractivity contribution in [1.29, 1.82) is 0 Å². The largest absolute Gasteiger partial charge is 0.504 e. The van der Waals surface area contributed by atoms with Gasteiger partial charge in [-0.1, -0.05) is 38.8 Å². The Hall–Kier alpha value is -1.70. The molecule has 0 saturated heterocycles. The van der Waals surface area contributed by atoms with Gasteiger partial charge in [-0.05, 0) is 46.9 Å². The van der Waals surface area contributed by atoms with Crippen LogP contribution in [0.3, 0.4) is 0 Å². The summed E-state index contributed by atoms with van der Waals surface area (Å²) < 4.78 is 0. The minimum atomic E-state index is -0.0430. The molecule has 0 fully saturated rings. The summed E-state index contributed by atoms with van der Waals surface area (Å²) in [6, 6.07) is 7.66. The van der Waals surface area contributed by atoms with Crippen molar-refractivity contribution in [2.45, 2.75) is 39.5 Å². The lowest BCUT2D eigenvalue weighted by Gasteiger charge is -2.10. The van der Waals surface area contributed by atoms with E-state index in [4.69, 9.17) is 0 Å². The highest BCUT2D eigenvalue weighted by Crippen LogP contribution is 2.33. The molecule has 18 heavy (non-hydrogen) atoms. The van der Waals surface area contributed by atoms with Crippen LogP contribution in [0.2, 0.25) is 0 Å². The average Bonchev–Trinajstić information content (AvgIpc) is 2.32. The number of phenolic OH excluding ortho intramolecular Hbond substituents is 2. The number of fused-ring (bicyclic) bond motifs is 1. The van der Waals surface area contributed by atoms with Gasteiger partial charge in [0.25, 0.3) is 0 Å². The van der Waals surface area contributed by atoms with Crippen LogP contribution >= 0.6 is 0 Å². The van der Waals surface area contributed by atoms with E-state index in [1.54, 1.807) is 12.1 Å². The van der Waals surface area contributed by atoms with E-state index in [1.165, 1.54) is 11.1 Å². The summed E-state index contributed by atoms with van der Waals surface area (Å²) in [5.41, 5.74) is 2.56. The molecule has 0 bridgehead atoms. The van der Waals surface area contributed by atoms with Crippen LogP contribution in [0.1, 0.15) is 37.8 Å². The molecule has 2 aromatic carbocycles. The van der Waals surface area contributed by atoms with E-state index < -0.39 is 0 Å². The molecule has 2 nitrogen and oxygen atoms in total. The second-order valence-corrected chi connectivity index (χ2v) is 4.82. The number of aryl methyl sites for hydroxylation is 2. The fourth-order valence-corrected chi connectivity index (χ4v) is 2.44. The van der Waals surface area contributed by atoms with Gasteiger partial charge in [-0.25, -0.2) is 0 Å². The van der Waals surface area contributed by atoms with Crippen LogP contribution in [0.15, 0.2) is 24.3 Å². The van der Waals surface area contributed by atoms with Gasteiger partial charge in [0.15, 0.2) is 11.5 Å². The van der Waals surface area contributed by atoms with Gasteiger partial charge < -0.3 is 10.2 Å². The minimum absolute atomic E-state index is 0.0388. The van der Waals surface area contributed by atoms with Gasteiger partial charge in [0.1, 0.15) is 0 Å². The quantitative estimate of drug-likeness (QED) is 0.793. The second-order valence-electron chi connectivity index (χ2n) is 4.82. The van der Waals surface area contributed by atoms with E-state index in [9.17, 15) is 10.2 Å². The van der Waals surface area contributed by atoms with Crippen LogP contribution in [0, 0.1) is 0 Å². The summed E-state index contributed by atoms with van der Waals surface area (Å²) in [6.07, 6.45) is 4.24. The van der Waals surface area contributed by atoms with Crippen LogP contribution in [-0.2, 0) is 12.8 Å². The first-order chi connectivity index (χ1) is 8.65. The summed E-state index contributed by atoms with van der Waals surface area (Å²) in [4.78, 5) is 0. The SMILES string of the molecule is CCCc1cc(CCC)c2cc(O)c(O)cc2c1. The first-order valence-corrected chi connectivity index (χ1v) is 6.63. The van der Waals surface area contributed by atoms with Gasteiger partial charge in [0, 0.05) is 0 Å². The van der Waals surface area contributed by atoms with Gasteiger partial charge in [-0.15, -0.1) is 0 Å². The molecule has 0 aliphatic carbocycles. The molecule has 0 amide bonds. The summed E-state index contributed by atoms with van der Waals surface area (Å²) in [5, 5.41) is 21.3. The highest BCUT2D eigenvalue weighted by molar-refractivity contribution is 5.89. The maximum atomic E-state index is 9.63. The lowest BCUT2D eigenvalue weighted by molar-refractivity contribution is 0.405. The maximum Gasteiger partial charge on any atom is 0.158 e. The van der Waals surface area contributed by atoms with Crippen LogP contribution in [0.25, 0.3) is 10.8 Å². The normalized spacial score (nSPS) is 11.0. The van der Waals surface area contributed by atoms with Crippen LogP contribution in [0.5, 0.6) is 11.5 Å². The maximum absolute atomic E-state index is 9.63. The third-order valence-electron chi connectivity index (χ3n) is 3.25. The van der Waals surface area contributed by atoms with Crippen molar-refractivity contribution in [3.05, 3.63) is 35.4 Å². The molecule has 2 N–H and O–H groups in total. The second kappa shape index (κ2) is 5.30. The molecule has 0 aromatic heterocycles. The van der Waals surface area contributed by atoms with E-state index >= 15 is 0 Å². The zero-order valence-corrected chi connectivity index (χ0v) is 11.0. The lowest BCUT2D eigenvalue weighted by Crippen LogP contribution is -1.91. The van der Waals surface area contributed by atoms with Gasteiger partial charge in [0.05, 0.1) is 0 Å². The Morgan fingerprint density at radius 1 is 0.833 bits per heavy atom. The van der Waals surface area contributed by atoms with Crippen LogP contribution in [0.4, 0.5) is 0 Å². The molecular formula is C16H20O2. The smallest absolute Gasteiger partial charge is 0.158 e. The third kappa shape index (κ3) is 2.42. The van der Waals surface area contributed by atoms with Crippen molar-refractivity contribution < 1.29 is 10.2 Å². The van der Waals surface area contributed by atoms with Gasteiger partial charge in [-0.2, -0.15) is 0 Å². The van der Waals surface area contributed by atoms with E-state index in [-0.39, 0.29) is 11.5 Å². The zero-order chi connectivity index (χ0) is 13.1. The molecule has 0 atom stereocenters. The Labute approximate surface area is 108 Å². The van der Waals surface area contributed by atoms with E-state index in [0.717, 1.165) is 36.5 Å². The third-order valence-corrected chi connectivity index (χ3v) is 3.25. The van der Waals surface area contributed by atoms with Crippen molar-refractivity contribution in [1.82, 2.24) is 0 Å². The number of hydrogen-bond donors (Lipinski definition) is 2. The summed E-state index contributed by atoms with van der Waals surface area (Å²) >= 11 is 0. The van der Waals surface area contributed by atoms with Crippen molar-refractivity contribution in [2.24, 2.45) is 0 Å². The van der Waals surface area contributed by atoms with Crippen molar-refractivity contribution in [2.75, 3.05) is 0 Å². The Morgan fingerprint density at radius 2 is 1.50 bits per heavy atom. The monoisotopic (exact) mass is 244 g/mol. The lowest BCUT2D eigenvalue weighted by atomic mass is 9.96. The highest BCUT2D eigenvalue weighted by Gasteiger charge is 2.08. The number of benzene rings is 2. The number of rotatable bonds is 4. The number of phenols is 2. The van der Waals surface area contributed by atoms with Gasteiger partial charge in [0.2, 0.25) is 0 Å². The van der Waals surface area contributed by atoms with E-state index in [1.807, 2.05) is 0 Å². The average molecular weight is 244 g/mol. The summed E-state index contributed by atoms with van der Waals surface area (Å²) in [5.74, 6) is -0.0818. The highest BCUT2D eigenvalue weighted by atomic mass is 16.3. The summed E-state index contributed by atoms with van der Waals surface area (Å²) in [6.45, 7) is 4.32. The van der Waals surface area contributed by atoms with Gasteiger partial charge >= 0.3 is 0 Å². The molecule has 2 aromatic rings. The Bertz CT molecular complexity index is 559. The molecule has 2 rings (SSSR count). The standard InChI is InChI=1S/C16H20O2/c1-3-5-11-7-12(6-4-2)14-10-16(18)15(17)9-13(14)8-11/h7-10,17-18H,3-6H2,1-2H3. The molecule has 0 unspecified atom stereocenters. The Morgan fingerprint density at radius 3 is 2.17 bits per heavy atom. The van der Waals surface area contributed by atoms with Gasteiger partial charge in [-0.3, -0.25) is 0 Å². The molecule has 0 aliphatic heterocycles. The molecule has 0 saturated carbocycles. The number of hydrogen-bond acceptors (Lipinski definition) is 2. The minimum Gasteiger partial charge on any atom is -0.504 e. The molecule has 96 valence electrons. The predicted molar refractivity (Wildman–Crippen MR) is 75.3 cm³/mol. The van der Waals surface area contributed by atoms with Crippen LogP contribution in [-0.4, -0.2) is 10.2 Å². The first-order valence-electron chi connectivity index (χ1n) is 6.63. The first kappa shape index (κ1) is 12.7. The topological polar surface area (TPSA) is 40.5 Å². The number of aromatic hydroxyl groups is 2. The van der Waals surface area contributed by atoms with Crippen molar-refractivity contribution >= 4 is 10.8 Å². The fourth-order valence-electron chi connectivity index (χ4n) is 2.44. The Kier molecular flexibility index (Phi) is 3.75.